The molecule has 0 saturated heterocycles. The van der Waals surface area contributed by atoms with Crippen LogP contribution < -0.4 is 10.2 Å². The SMILES string of the molecule is O=C(O)CN(CC(=O)NCCc1ccc(Cl)cc1Cl)c1ccccc1. The molecule has 7 heteroatoms. The standard InChI is InChI=1S/C18H18Cl2N2O3/c19-14-7-6-13(16(20)10-14)8-9-21-17(23)11-22(12-18(24)25)15-4-2-1-3-5-15/h1-7,10H,8-9,11-12H2,(H,21,23)(H,24,25). The van der Waals surface area contributed by atoms with Crippen LogP contribution in [-0.2, 0) is 16.0 Å². The van der Waals surface area contributed by atoms with Crippen molar-refractivity contribution >= 4 is 40.8 Å². The molecule has 0 atom stereocenters. The average molecular weight is 381 g/mol. The van der Waals surface area contributed by atoms with Gasteiger partial charge in [0, 0.05) is 22.3 Å². The summed E-state index contributed by atoms with van der Waals surface area (Å²) >= 11 is 11.9. The Kier molecular flexibility index (Phi) is 7.10. The van der Waals surface area contributed by atoms with Gasteiger partial charge in [-0.2, -0.15) is 0 Å². The van der Waals surface area contributed by atoms with Crippen LogP contribution in [0.3, 0.4) is 0 Å². The van der Waals surface area contributed by atoms with Gasteiger partial charge in [-0.3, -0.25) is 9.59 Å². The van der Waals surface area contributed by atoms with Crippen LogP contribution >= 0.6 is 23.2 Å². The number of aliphatic carboxylic acids is 1. The number of hydrogen-bond acceptors (Lipinski definition) is 3. The first-order valence-corrected chi connectivity index (χ1v) is 8.43. The summed E-state index contributed by atoms with van der Waals surface area (Å²) in [5.74, 6) is -1.25. The highest BCUT2D eigenvalue weighted by Crippen LogP contribution is 2.21. The summed E-state index contributed by atoms with van der Waals surface area (Å²) in [6.45, 7) is 0.112. The second kappa shape index (κ2) is 9.30. The van der Waals surface area contributed by atoms with Crippen LogP contribution in [-0.4, -0.2) is 36.6 Å². The molecule has 0 aliphatic heterocycles. The van der Waals surface area contributed by atoms with E-state index < -0.39 is 5.97 Å². The van der Waals surface area contributed by atoms with Gasteiger partial charge in [-0.15, -0.1) is 0 Å². The fourth-order valence-electron chi connectivity index (χ4n) is 2.33. The van der Waals surface area contributed by atoms with Crippen molar-refractivity contribution in [2.24, 2.45) is 0 Å². The molecule has 0 aliphatic carbocycles. The lowest BCUT2D eigenvalue weighted by Gasteiger charge is -2.22. The van der Waals surface area contributed by atoms with Crippen LogP contribution in [0.25, 0.3) is 0 Å². The van der Waals surface area contributed by atoms with Gasteiger partial charge in [0.15, 0.2) is 0 Å². The predicted molar refractivity (Wildman–Crippen MR) is 99.5 cm³/mol. The van der Waals surface area contributed by atoms with Crippen LogP contribution in [0.15, 0.2) is 48.5 Å². The Bertz CT molecular complexity index is 738. The Morgan fingerprint density at radius 2 is 1.76 bits per heavy atom. The molecule has 2 rings (SSSR count). The molecular weight excluding hydrogens is 363 g/mol. The van der Waals surface area contributed by atoms with Gasteiger partial charge in [-0.1, -0.05) is 47.5 Å². The number of rotatable bonds is 8. The quantitative estimate of drug-likeness (QED) is 0.737. The molecule has 25 heavy (non-hydrogen) atoms. The summed E-state index contributed by atoms with van der Waals surface area (Å²) in [4.78, 5) is 24.7. The number of carboxylic acid groups (broad SMARTS) is 1. The number of carbonyl (C=O) groups is 2. The van der Waals surface area contributed by atoms with Gasteiger partial charge in [-0.05, 0) is 36.2 Å². The number of nitrogens with one attached hydrogen (secondary N) is 1. The first-order valence-electron chi connectivity index (χ1n) is 7.68. The van der Waals surface area contributed by atoms with E-state index in [1.807, 2.05) is 12.1 Å². The van der Waals surface area contributed by atoms with E-state index in [9.17, 15) is 9.59 Å². The van der Waals surface area contributed by atoms with Gasteiger partial charge in [0.1, 0.15) is 6.54 Å². The first kappa shape index (κ1) is 19.1. The van der Waals surface area contributed by atoms with Crippen molar-refractivity contribution in [3.05, 3.63) is 64.1 Å². The summed E-state index contributed by atoms with van der Waals surface area (Å²) in [6.07, 6.45) is 0.562. The molecular formula is C18H18Cl2N2O3. The molecule has 0 radical (unpaired) electrons. The summed E-state index contributed by atoms with van der Waals surface area (Å²) in [6, 6.07) is 14.2. The van der Waals surface area contributed by atoms with Crippen molar-refractivity contribution in [2.75, 3.05) is 24.5 Å². The van der Waals surface area contributed by atoms with Crippen LogP contribution in [0, 0.1) is 0 Å². The number of benzene rings is 2. The third kappa shape index (κ3) is 6.29. The topological polar surface area (TPSA) is 69.6 Å². The fraction of sp³-hybridized carbons (Fsp3) is 0.222. The third-order valence-corrected chi connectivity index (χ3v) is 4.10. The molecule has 2 N–H and O–H groups in total. The van der Waals surface area contributed by atoms with Crippen LogP contribution in [0.1, 0.15) is 5.56 Å². The zero-order valence-electron chi connectivity index (χ0n) is 13.4. The molecule has 0 heterocycles. The van der Waals surface area contributed by atoms with E-state index in [1.165, 1.54) is 4.90 Å². The van der Waals surface area contributed by atoms with Crippen molar-refractivity contribution in [1.29, 1.82) is 0 Å². The van der Waals surface area contributed by atoms with Gasteiger partial charge < -0.3 is 15.3 Å². The van der Waals surface area contributed by atoms with Crippen molar-refractivity contribution in [1.82, 2.24) is 5.32 Å². The lowest BCUT2D eigenvalue weighted by molar-refractivity contribution is -0.135. The monoisotopic (exact) mass is 380 g/mol. The zero-order valence-corrected chi connectivity index (χ0v) is 14.9. The minimum atomic E-state index is -0.996. The average Bonchev–Trinajstić information content (AvgIpc) is 2.56. The van der Waals surface area contributed by atoms with Gasteiger partial charge in [-0.25, -0.2) is 0 Å². The van der Waals surface area contributed by atoms with Crippen LogP contribution in [0.4, 0.5) is 5.69 Å². The van der Waals surface area contributed by atoms with Gasteiger partial charge in [0.2, 0.25) is 5.91 Å². The lowest BCUT2D eigenvalue weighted by Crippen LogP contribution is -2.40. The van der Waals surface area contributed by atoms with Gasteiger partial charge in [0.25, 0.3) is 0 Å². The first-order chi connectivity index (χ1) is 12.0. The fourth-order valence-corrected chi connectivity index (χ4v) is 2.83. The van der Waals surface area contributed by atoms with Crippen LogP contribution in [0.5, 0.6) is 0 Å². The Labute approximate surface area is 156 Å². The van der Waals surface area contributed by atoms with Crippen molar-refractivity contribution in [2.45, 2.75) is 6.42 Å². The molecule has 2 aromatic rings. The number of carboxylic acids is 1. The smallest absolute Gasteiger partial charge is 0.323 e. The molecule has 0 aromatic heterocycles. The van der Waals surface area contributed by atoms with Gasteiger partial charge in [0.05, 0.1) is 6.54 Å². The van der Waals surface area contributed by atoms with E-state index in [1.54, 1.807) is 36.4 Å². The number of amides is 1. The minimum Gasteiger partial charge on any atom is -0.480 e. The number of hydrogen-bond donors (Lipinski definition) is 2. The molecule has 0 unspecified atom stereocenters. The van der Waals surface area contributed by atoms with E-state index in [-0.39, 0.29) is 19.0 Å². The van der Waals surface area contributed by atoms with E-state index in [0.29, 0.717) is 28.7 Å². The molecule has 0 aliphatic rings. The van der Waals surface area contributed by atoms with E-state index >= 15 is 0 Å². The summed E-state index contributed by atoms with van der Waals surface area (Å²) < 4.78 is 0. The maximum atomic E-state index is 12.1. The van der Waals surface area contributed by atoms with E-state index in [0.717, 1.165) is 5.56 Å². The Balaban J connectivity index is 1.89. The lowest BCUT2D eigenvalue weighted by atomic mass is 10.1. The largest absolute Gasteiger partial charge is 0.480 e. The highest BCUT2D eigenvalue weighted by atomic mass is 35.5. The Morgan fingerprint density at radius 3 is 2.40 bits per heavy atom. The third-order valence-electron chi connectivity index (χ3n) is 3.51. The zero-order chi connectivity index (χ0) is 18.2. The number of para-hydroxylation sites is 1. The maximum Gasteiger partial charge on any atom is 0.323 e. The molecule has 5 nitrogen and oxygen atoms in total. The summed E-state index contributed by atoms with van der Waals surface area (Å²) in [5, 5.41) is 12.9. The van der Waals surface area contributed by atoms with Gasteiger partial charge >= 0.3 is 5.97 Å². The van der Waals surface area contributed by atoms with Crippen LogP contribution in [0.2, 0.25) is 10.0 Å². The van der Waals surface area contributed by atoms with E-state index in [2.05, 4.69) is 5.32 Å². The Morgan fingerprint density at radius 1 is 1.04 bits per heavy atom. The molecule has 132 valence electrons. The predicted octanol–water partition coefficient (Wildman–Crippen LogP) is 3.24. The molecule has 0 bridgehead atoms. The molecule has 0 saturated carbocycles. The molecule has 1 amide bonds. The Hall–Kier alpha value is -2.24. The van der Waals surface area contributed by atoms with Crippen molar-refractivity contribution < 1.29 is 14.7 Å². The highest BCUT2D eigenvalue weighted by Gasteiger charge is 2.14. The number of carbonyl (C=O) groups excluding carboxylic acids is 1. The summed E-state index contributed by atoms with van der Waals surface area (Å²) in [5.41, 5.74) is 1.57. The summed E-state index contributed by atoms with van der Waals surface area (Å²) in [7, 11) is 0. The van der Waals surface area contributed by atoms with E-state index in [4.69, 9.17) is 28.3 Å². The van der Waals surface area contributed by atoms with Crippen molar-refractivity contribution in [3.63, 3.8) is 0 Å². The minimum absolute atomic E-state index is 0.0370. The number of anilines is 1. The number of nitrogens with zero attached hydrogens (tertiary/aromatic N) is 1. The maximum absolute atomic E-state index is 12.1. The highest BCUT2D eigenvalue weighted by molar-refractivity contribution is 6.35. The second-order valence-corrected chi connectivity index (χ2v) is 6.26. The van der Waals surface area contributed by atoms with Crippen molar-refractivity contribution in [3.8, 4) is 0 Å². The second-order valence-electron chi connectivity index (χ2n) is 5.42. The molecule has 2 aromatic carbocycles. The number of halogens is 2. The molecule has 0 fully saturated rings. The normalized spacial score (nSPS) is 10.3. The molecule has 0 spiro atoms.